The zero-order chi connectivity index (χ0) is 18.6. The summed E-state index contributed by atoms with van der Waals surface area (Å²) in [5, 5.41) is 7.41. The van der Waals surface area contributed by atoms with Crippen molar-refractivity contribution in [2.75, 3.05) is 5.32 Å². The Hall–Kier alpha value is -2.15. The Balaban J connectivity index is 2.15. The summed E-state index contributed by atoms with van der Waals surface area (Å²) in [4.78, 5) is 12.5. The number of aromatic nitrogens is 2. The number of aryl methyl sites for hydroxylation is 2. The number of nitrogens with zero attached hydrogens (tertiary/aromatic N) is 2. The summed E-state index contributed by atoms with van der Waals surface area (Å²) >= 11 is 0. The standard InChI is InChI=1S/C18H23N3O3S/c1-11-6-7-15(12(2)8-11)21-16(19-17(22)18(3,4)5)13-9-25(23,24)10-14(13)20-21/h6-8H,9-10H2,1-5H3,(H,19,22). The molecule has 134 valence electrons. The molecule has 2 heterocycles. The third kappa shape index (κ3) is 3.33. The molecule has 1 aliphatic rings. The molecular formula is C18H23N3O3S. The van der Waals surface area contributed by atoms with Crippen LogP contribution in [0.1, 0.15) is 43.2 Å². The third-order valence-electron chi connectivity index (χ3n) is 4.28. The highest BCUT2D eigenvalue weighted by atomic mass is 32.2. The maximum absolute atomic E-state index is 12.5. The number of nitrogens with one attached hydrogen (secondary N) is 1. The van der Waals surface area contributed by atoms with Gasteiger partial charge in [-0.1, -0.05) is 38.5 Å². The van der Waals surface area contributed by atoms with Crippen molar-refractivity contribution in [3.8, 4) is 5.69 Å². The smallest absolute Gasteiger partial charge is 0.230 e. The second-order valence-corrected chi connectivity index (χ2v) is 9.78. The van der Waals surface area contributed by atoms with Gasteiger partial charge >= 0.3 is 0 Å². The molecule has 0 aliphatic carbocycles. The molecule has 1 aromatic carbocycles. The number of hydrogen-bond acceptors (Lipinski definition) is 4. The van der Waals surface area contributed by atoms with Gasteiger partial charge in [0.25, 0.3) is 0 Å². The van der Waals surface area contributed by atoms with Crippen LogP contribution in [-0.2, 0) is 26.1 Å². The third-order valence-corrected chi connectivity index (χ3v) is 5.72. The van der Waals surface area contributed by atoms with Crippen LogP contribution in [-0.4, -0.2) is 24.1 Å². The number of anilines is 1. The molecule has 2 aromatic rings. The molecule has 0 saturated heterocycles. The van der Waals surface area contributed by atoms with Crippen molar-refractivity contribution in [1.82, 2.24) is 9.78 Å². The van der Waals surface area contributed by atoms with E-state index < -0.39 is 15.3 Å². The lowest BCUT2D eigenvalue weighted by molar-refractivity contribution is -0.123. The molecule has 0 unspecified atom stereocenters. The molecule has 25 heavy (non-hydrogen) atoms. The summed E-state index contributed by atoms with van der Waals surface area (Å²) in [5.74, 6) is 0.111. The maximum atomic E-state index is 12.5. The van der Waals surface area contributed by atoms with Crippen molar-refractivity contribution in [3.63, 3.8) is 0 Å². The van der Waals surface area contributed by atoms with Gasteiger partial charge in [0.05, 0.1) is 22.9 Å². The van der Waals surface area contributed by atoms with E-state index in [2.05, 4.69) is 10.4 Å². The summed E-state index contributed by atoms with van der Waals surface area (Å²) in [6.07, 6.45) is 0. The topological polar surface area (TPSA) is 81.1 Å². The Morgan fingerprint density at radius 3 is 2.48 bits per heavy atom. The Bertz CT molecular complexity index is 966. The molecule has 0 spiro atoms. The molecule has 0 radical (unpaired) electrons. The van der Waals surface area contributed by atoms with E-state index in [1.165, 1.54) is 0 Å². The monoisotopic (exact) mass is 361 g/mol. The maximum Gasteiger partial charge on any atom is 0.230 e. The van der Waals surface area contributed by atoms with Gasteiger partial charge in [-0.2, -0.15) is 5.10 Å². The normalized spacial score (nSPS) is 15.9. The van der Waals surface area contributed by atoms with Crippen molar-refractivity contribution in [2.24, 2.45) is 5.41 Å². The predicted molar refractivity (Wildman–Crippen MR) is 97.5 cm³/mol. The largest absolute Gasteiger partial charge is 0.310 e. The van der Waals surface area contributed by atoms with Gasteiger partial charge in [0.15, 0.2) is 9.84 Å². The van der Waals surface area contributed by atoms with Gasteiger partial charge in [-0.05, 0) is 25.5 Å². The summed E-state index contributed by atoms with van der Waals surface area (Å²) in [5.41, 5.74) is 3.49. The fourth-order valence-corrected chi connectivity index (χ4v) is 4.38. The van der Waals surface area contributed by atoms with E-state index in [1.807, 2.05) is 52.8 Å². The predicted octanol–water partition coefficient (Wildman–Crippen LogP) is 2.90. The zero-order valence-electron chi connectivity index (χ0n) is 15.2. The first-order valence-electron chi connectivity index (χ1n) is 8.18. The molecule has 0 bridgehead atoms. The summed E-state index contributed by atoms with van der Waals surface area (Å²) in [6, 6.07) is 5.95. The van der Waals surface area contributed by atoms with Crippen molar-refractivity contribution in [2.45, 2.75) is 46.1 Å². The minimum absolute atomic E-state index is 0.0847. The van der Waals surface area contributed by atoms with Crippen LogP contribution in [0.5, 0.6) is 0 Å². The van der Waals surface area contributed by atoms with Crippen LogP contribution in [0, 0.1) is 19.3 Å². The van der Waals surface area contributed by atoms with Gasteiger partial charge < -0.3 is 5.32 Å². The second kappa shape index (κ2) is 5.69. The van der Waals surface area contributed by atoms with E-state index in [9.17, 15) is 13.2 Å². The van der Waals surface area contributed by atoms with Crippen LogP contribution in [0.4, 0.5) is 5.82 Å². The van der Waals surface area contributed by atoms with E-state index in [0.717, 1.165) is 16.8 Å². The van der Waals surface area contributed by atoms with Crippen LogP contribution >= 0.6 is 0 Å². The first-order valence-corrected chi connectivity index (χ1v) is 10.0. The van der Waals surface area contributed by atoms with E-state index >= 15 is 0 Å². The fraction of sp³-hybridized carbons (Fsp3) is 0.444. The quantitative estimate of drug-likeness (QED) is 0.892. The number of rotatable bonds is 2. The van der Waals surface area contributed by atoms with Gasteiger partial charge in [0.2, 0.25) is 5.91 Å². The van der Waals surface area contributed by atoms with Crippen molar-refractivity contribution < 1.29 is 13.2 Å². The summed E-state index contributed by atoms with van der Waals surface area (Å²) in [6.45, 7) is 9.43. The molecule has 0 saturated carbocycles. The lowest BCUT2D eigenvalue weighted by atomic mass is 9.95. The zero-order valence-corrected chi connectivity index (χ0v) is 16.0. The molecule has 1 N–H and O–H groups in total. The van der Waals surface area contributed by atoms with Crippen LogP contribution in [0.15, 0.2) is 18.2 Å². The highest BCUT2D eigenvalue weighted by molar-refractivity contribution is 7.90. The first-order chi connectivity index (χ1) is 11.5. The molecular weight excluding hydrogens is 338 g/mol. The van der Waals surface area contributed by atoms with E-state index in [-0.39, 0.29) is 17.4 Å². The SMILES string of the molecule is Cc1ccc(-n2nc3c(c2NC(=O)C(C)(C)C)CS(=O)(=O)C3)c(C)c1. The molecule has 3 rings (SSSR count). The molecule has 6 nitrogen and oxygen atoms in total. The number of hydrogen-bond donors (Lipinski definition) is 1. The van der Waals surface area contributed by atoms with Gasteiger partial charge in [-0.3, -0.25) is 4.79 Å². The molecule has 7 heteroatoms. The van der Waals surface area contributed by atoms with Crippen LogP contribution < -0.4 is 5.32 Å². The molecule has 1 amide bonds. The molecule has 1 aromatic heterocycles. The number of benzene rings is 1. The highest BCUT2D eigenvalue weighted by Gasteiger charge is 2.34. The van der Waals surface area contributed by atoms with Gasteiger partial charge in [-0.15, -0.1) is 0 Å². The second-order valence-electron chi connectivity index (χ2n) is 7.71. The number of carbonyl (C=O) groups is 1. The number of sulfone groups is 1. The van der Waals surface area contributed by atoms with Gasteiger partial charge in [-0.25, -0.2) is 13.1 Å². The number of amides is 1. The van der Waals surface area contributed by atoms with Crippen molar-refractivity contribution in [3.05, 3.63) is 40.6 Å². The minimum Gasteiger partial charge on any atom is -0.310 e. The summed E-state index contributed by atoms with van der Waals surface area (Å²) < 4.78 is 25.6. The highest BCUT2D eigenvalue weighted by Crippen LogP contribution is 2.34. The van der Waals surface area contributed by atoms with Gasteiger partial charge in [0, 0.05) is 11.0 Å². The Kier molecular flexibility index (Phi) is 4.02. The molecule has 1 aliphatic heterocycles. The lowest BCUT2D eigenvalue weighted by Crippen LogP contribution is -2.29. The van der Waals surface area contributed by atoms with E-state index in [1.54, 1.807) is 4.68 Å². The minimum atomic E-state index is -3.20. The van der Waals surface area contributed by atoms with Crippen LogP contribution in [0.25, 0.3) is 5.69 Å². The lowest BCUT2D eigenvalue weighted by Gasteiger charge is -2.19. The fourth-order valence-electron chi connectivity index (χ4n) is 2.88. The number of carbonyl (C=O) groups excluding carboxylic acids is 1. The average Bonchev–Trinajstić information content (AvgIpc) is 2.91. The first kappa shape index (κ1) is 17.7. The molecule has 0 fully saturated rings. The Morgan fingerprint density at radius 2 is 1.88 bits per heavy atom. The average molecular weight is 361 g/mol. The van der Waals surface area contributed by atoms with E-state index in [0.29, 0.717) is 17.1 Å². The molecule has 0 atom stereocenters. The van der Waals surface area contributed by atoms with Crippen LogP contribution in [0.3, 0.4) is 0 Å². The van der Waals surface area contributed by atoms with Crippen LogP contribution in [0.2, 0.25) is 0 Å². The van der Waals surface area contributed by atoms with Gasteiger partial charge in [0.1, 0.15) is 5.82 Å². The Labute approximate surface area is 148 Å². The summed E-state index contributed by atoms with van der Waals surface area (Å²) in [7, 11) is -3.20. The van der Waals surface area contributed by atoms with E-state index in [4.69, 9.17) is 0 Å². The van der Waals surface area contributed by atoms with Crippen molar-refractivity contribution in [1.29, 1.82) is 0 Å². The Morgan fingerprint density at radius 1 is 1.20 bits per heavy atom. The van der Waals surface area contributed by atoms with Crippen molar-refractivity contribution >= 4 is 21.6 Å². The number of fused-ring (bicyclic) bond motifs is 1.